The molecule has 0 saturated heterocycles. The lowest BCUT2D eigenvalue weighted by Gasteiger charge is -2.14. The Bertz CT molecular complexity index is 739. The van der Waals surface area contributed by atoms with Gasteiger partial charge in [-0.05, 0) is 48.7 Å². The van der Waals surface area contributed by atoms with Gasteiger partial charge in [0.1, 0.15) is 0 Å². The van der Waals surface area contributed by atoms with Gasteiger partial charge >= 0.3 is 0 Å². The molecule has 0 saturated carbocycles. The van der Waals surface area contributed by atoms with Crippen molar-refractivity contribution in [2.24, 2.45) is 0 Å². The molecule has 2 aromatic carbocycles. The first kappa shape index (κ1) is 18.5. The van der Waals surface area contributed by atoms with Gasteiger partial charge in [-0.3, -0.25) is 9.59 Å². The maximum atomic E-state index is 12.2. The molecule has 5 heteroatoms. The molecule has 0 aromatic heterocycles. The average Bonchev–Trinajstić information content (AvgIpc) is 2.62. The Labute approximate surface area is 148 Å². The molecule has 25 heavy (non-hydrogen) atoms. The van der Waals surface area contributed by atoms with Gasteiger partial charge in [-0.15, -0.1) is 0 Å². The monoisotopic (exact) mass is 339 g/mol. The van der Waals surface area contributed by atoms with Crippen LogP contribution in [-0.2, 0) is 16.0 Å². The van der Waals surface area contributed by atoms with Gasteiger partial charge in [-0.25, -0.2) is 0 Å². The molecule has 0 spiro atoms. The van der Waals surface area contributed by atoms with E-state index in [9.17, 15) is 9.59 Å². The van der Waals surface area contributed by atoms with E-state index in [2.05, 4.69) is 28.9 Å². The number of aryl methyl sites for hydroxylation is 2. The molecule has 0 aliphatic rings. The molecule has 0 aliphatic carbocycles. The molecule has 0 aliphatic heterocycles. The van der Waals surface area contributed by atoms with E-state index in [0.29, 0.717) is 12.1 Å². The Morgan fingerprint density at radius 3 is 2.04 bits per heavy atom. The molecule has 0 atom stereocenters. The Morgan fingerprint density at radius 2 is 1.48 bits per heavy atom. The summed E-state index contributed by atoms with van der Waals surface area (Å²) in [6.45, 7) is 6.13. The molecule has 0 radical (unpaired) electrons. The first-order valence-electron chi connectivity index (χ1n) is 8.55. The van der Waals surface area contributed by atoms with E-state index in [1.807, 2.05) is 19.1 Å². The molecule has 5 nitrogen and oxygen atoms in total. The number of rotatable bonds is 7. The van der Waals surface area contributed by atoms with Crippen molar-refractivity contribution in [2.75, 3.05) is 22.5 Å². The van der Waals surface area contributed by atoms with E-state index < -0.39 is 0 Å². The molecular weight excluding hydrogens is 314 g/mol. The maximum absolute atomic E-state index is 12.2. The summed E-state index contributed by atoms with van der Waals surface area (Å²) in [6.07, 6.45) is 1.35. The van der Waals surface area contributed by atoms with Crippen molar-refractivity contribution < 1.29 is 9.59 Å². The number of amides is 2. The van der Waals surface area contributed by atoms with Gasteiger partial charge in [0, 0.05) is 23.5 Å². The Kier molecular flexibility index (Phi) is 6.57. The van der Waals surface area contributed by atoms with Crippen molar-refractivity contribution >= 4 is 28.9 Å². The van der Waals surface area contributed by atoms with Crippen LogP contribution in [0, 0.1) is 6.92 Å². The second-order valence-corrected chi connectivity index (χ2v) is 5.84. The third-order valence-electron chi connectivity index (χ3n) is 3.94. The van der Waals surface area contributed by atoms with E-state index in [4.69, 9.17) is 0 Å². The number of carbonyl (C=O) groups is 2. The predicted molar refractivity (Wildman–Crippen MR) is 103 cm³/mol. The number of hydrogen-bond acceptors (Lipinski definition) is 3. The molecule has 0 fully saturated rings. The fraction of sp³-hybridized carbons (Fsp3) is 0.300. The van der Waals surface area contributed by atoms with Crippen LogP contribution in [0.2, 0.25) is 0 Å². The van der Waals surface area contributed by atoms with Crippen LogP contribution in [0.25, 0.3) is 0 Å². The predicted octanol–water partition coefficient (Wildman–Crippen LogP) is 3.96. The average molecular weight is 339 g/mol. The molecule has 0 unspecified atom stereocenters. The molecule has 2 aromatic rings. The first-order chi connectivity index (χ1) is 12.0. The standard InChI is InChI=1S/C20H25N3O2/c1-4-15-8-6-7-14(3)20(15)21-13-19(25)23-17-11-9-16(10-12-17)22-18(24)5-2/h6-12,21H,4-5,13H2,1-3H3,(H,22,24)(H,23,25). The van der Waals surface area contributed by atoms with Crippen molar-refractivity contribution in [3.8, 4) is 0 Å². The van der Waals surface area contributed by atoms with Crippen LogP contribution in [0.5, 0.6) is 0 Å². The normalized spacial score (nSPS) is 10.2. The van der Waals surface area contributed by atoms with Crippen LogP contribution < -0.4 is 16.0 Å². The van der Waals surface area contributed by atoms with E-state index in [-0.39, 0.29) is 18.4 Å². The van der Waals surface area contributed by atoms with E-state index in [1.54, 1.807) is 31.2 Å². The van der Waals surface area contributed by atoms with Crippen molar-refractivity contribution in [2.45, 2.75) is 33.6 Å². The molecule has 0 heterocycles. The summed E-state index contributed by atoms with van der Waals surface area (Å²) >= 11 is 0. The summed E-state index contributed by atoms with van der Waals surface area (Å²) in [7, 11) is 0. The number of benzene rings is 2. The highest BCUT2D eigenvalue weighted by atomic mass is 16.2. The van der Waals surface area contributed by atoms with Crippen LogP contribution >= 0.6 is 0 Å². The lowest BCUT2D eigenvalue weighted by molar-refractivity contribution is -0.116. The van der Waals surface area contributed by atoms with Crippen LogP contribution in [0.1, 0.15) is 31.4 Å². The molecule has 0 bridgehead atoms. The van der Waals surface area contributed by atoms with Gasteiger partial charge in [0.15, 0.2) is 0 Å². The first-order valence-corrected chi connectivity index (χ1v) is 8.55. The summed E-state index contributed by atoms with van der Waals surface area (Å²) in [5, 5.41) is 8.85. The van der Waals surface area contributed by atoms with Crippen molar-refractivity contribution in [1.29, 1.82) is 0 Å². The highest BCUT2D eigenvalue weighted by Gasteiger charge is 2.07. The lowest BCUT2D eigenvalue weighted by atomic mass is 10.1. The van der Waals surface area contributed by atoms with Gasteiger partial charge < -0.3 is 16.0 Å². The largest absolute Gasteiger partial charge is 0.376 e. The Hall–Kier alpha value is -2.82. The van der Waals surface area contributed by atoms with Gasteiger partial charge in [0.05, 0.1) is 6.54 Å². The van der Waals surface area contributed by atoms with E-state index in [0.717, 1.165) is 23.4 Å². The number of para-hydroxylation sites is 1. The van der Waals surface area contributed by atoms with Crippen molar-refractivity contribution in [3.05, 3.63) is 53.6 Å². The second-order valence-electron chi connectivity index (χ2n) is 5.84. The topological polar surface area (TPSA) is 70.2 Å². The van der Waals surface area contributed by atoms with Crippen LogP contribution in [0.3, 0.4) is 0 Å². The third kappa shape index (κ3) is 5.35. The van der Waals surface area contributed by atoms with Crippen LogP contribution in [0.4, 0.5) is 17.1 Å². The number of nitrogens with one attached hydrogen (secondary N) is 3. The van der Waals surface area contributed by atoms with Crippen LogP contribution in [-0.4, -0.2) is 18.4 Å². The summed E-state index contributed by atoms with van der Waals surface area (Å²) in [4.78, 5) is 23.5. The minimum atomic E-state index is -0.115. The van der Waals surface area contributed by atoms with E-state index in [1.165, 1.54) is 5.56 Å². The number of hydrogen-bond donors (Lipinski definition) is 3. The quantitative estimate of drug-likeness (QED) is 0.715. The zero-order valence-corrected chi connectivity index (χ0v) is 15.0. The highest BCUT2D eigenvalue weighted by molar-refractivity contribution is 5.95. The molecule has 132 valence electrons. The second kappa shape index (κ2) is 8.87. The van der Waals surface area contributed by atoms with E-state index >= 15 is 0 Å². The molecule has 3 N–H and O–H groups in total. The summed E-state index contributed by atoms with van der Waals surface area (Å²) in [5.41, 5.74) is 4.77. The minimum Gasteiger partial charge on any atom is -0.376 e. The molecular formula is C20H25N3O2. The summed E-state index contributed by atoms with van der Waals surface area (Å²) in [5.74, 6) is -0.151. The smallest absolute Gasteiger partial charge is 0.243 e. The fourth-order valence-electron chi connectivity index (χ4n) is 2.54. The van der Waals surface area contributed by atoms with Crippen LogP contribution in [0.15, 0.2) is 42.5 Å². The van der Waals surface area contributed by atoms with Crippen molar-refractivity contribution in [3.63, 3.8) is 0 Å². The van der Waals surface area contributed by atoms with Gasteiger partial charge in [-0.2, -0.15) is 0 Å². The van der Waals surface area contributed by atoms with Gasteiger partial charge in [0.25, 0.3) is 0 Å². The lowest BCUT2D eigenvalue weighted by Crippen LogP contribution is -2.22. The number of anilines is 3. The van der Waals surface area contributed by atoms with Crippen molar-refractivity contribution in [1.82, 2.24) is 0 Å². The minimum absolute atomic E-state index is 0.0362. The fourth-order valence-corrected chi connectivity index (χ4v) is 2.54. The Morgan fingerprint density at radius 1 is 0.880 bits per heavy atom. The molecule has 2 rings (SSSR count). The SMILES string of the molecule is CCC(=O)Nc1ccc(NC(=O)CNc2c(C)cccc2CC)cc1. The third-order valence-corrected chi connectivity index (χ3v) is 3.94. The highest BCUT2D eigenvalue weighted by Crippen LogP contribution is 2.21. The zero-order chi connectivity index (χ0) is 18.2. The summed E-state index contributed by atoms with van der Waals surface area (Å²) in [6, 6.07) is 13.2. The Balaban J connectivity index is 1.91. The molecule has 2 amide bonds. The zero-order valence-electron chi connectivity index (χ0n) is 15.0. The maximum Gasteiger partial charge on any atom is 0.243 e. The number of carbonyl (C=O) groups excluding carboxylic acids is 2. The van der Waals surface area contributed by atoms with Gasteiger partial charge in [0.2, 0.25) is 11.8 Å². The summed E-state index contributed by atoms with van der Waals surface area (Å²) < 4.78 is 0. The van der Waals surface area contributed by atoms with Gasteiger partial charge in [-0.1, -0.05) is 32.0 Å².